The van der Waals surface area contributed by atoms with Gasteiger partial charge in [-0.3, -0.25) is 4.99 Å². The van der Waals surface area contributed by atoms with Crippen molar-refractivity contribution in [2.45, 2.75) is 44.7 Å². The first kappa shape index (κ1) is 21.1. The van der Waals surface area contributed by atoms with Gasteiger partial charge in [-0.25, -0.2) is 9.97 Å². The highest BCUT2D eigenvalue weighted by atomic mass is 35.5. The van der Waals surface area contributed by atoms with Gasteiger partial charge in [0.25, 0.3) is 0 Å². The Hall–Kier alpha value is -3.12. The van der Waals surface area contributed by atoms with Gasteiger partial charge < -0.3 is 16.8 Å². The molecule has 0 atom stereocenters. The summed E-state index contributed by atoms with van der Waals surface area (Å²) in [6.45, 7) is 2.08. The van der Waals surface area contributed by atoms with Crippen LogP contribution in [0.1, 0.15) is 42.6 Å². The van der Waals surface area contributed by atoms with Gasteiger partial charge >= 0.3 is 0 Å². The summed E-state index contributed by atoms with van der Waals surface area (Å²) in [5.41, 5.74) is 14.2. The summed E-state index contributed by atoms with van der Waals surface area (Å²) >= 11 is 5.98. The minimum absolute atomic E-state index is 0.172. The highest BCUT2D eigenvalue weighted by molar-refractivity contribution is 6.30. The monoisotopic (exact) mass is 434 g/mol. The highest BCUT2D eigenvalue weighted by Gasteiger charge is 2.22. The molecule has 6 nitrogen and oxygen atoms in total. The molecule has 0 radical (unpaired) electrons. The van der Waals surface area contributed by atoms with Crippen molar-refractivity contribution in [3.63, 3.8) is 0 Å². The van der Waals surface area contributed by atoms with E-state index in [-0.39, 0.29) is 12.0 Å². The molecule has 5 N–H and O–H groups in total. The van der Waals surface area contributed by atoms with Crippen molar-refractivity contribution < 1.29 is 0 Å². The number of halogens is 1. The molecule has 2 aromatic carbocycles. The standard InChI is InChI=1S/C24H27ClN6/c1-15-2-12-21-20(14-15)23(28-18-8-10-19(11-9-18)29-24(26)27)31-22(30-21)13-5-16-3-6-17(25)7-4-16/h2-7,12-14,18-19H,8-11H2,1H3,(H4,26,27,29)(H,28,30,31)/b13-5+. The lowest BCUT2D eigenvalue weighted by molar-refractivity contribution is 0.412. The van der Waals surface area contributed by atoms with Crippen LogP contribution in [0.25, 0.3) is 23.1 Å². The van der Waals surface area contributed by atoms with E-state index >= 15 is 0 Å². The summed E-state index contributed by atoms with van der Waals surface area (Å²) in [4.78, 5) is 13.9. The minimum atomic E-state index is 0.172. The van der Waals surface area contributed by atoms with Crippen LogP contribution in [-0.4, -0.2) is 28.0 Å². The number of nitrogens with one attached hydrogen (secondary N) is 1. The number of hydrogen-bond acceptors (Lipinski definition) is 4. The molecule has 1 aromatic heterocycles. The number of fused-ring (bicyclic) bond motifs is 1. The number of hydrogen-bond donors (Lipinski definition) is 3. The van der Waals surface area contributed by atoms with Crippen molar-refractivity contribution in [3.8, 4) is 0 Å². The first-order chi connectivity index (χ1) is 15.0. The van der Waals surface area contributed by atoms with Gasteiger partial charge in [-0.05, 0) is 68.5 Å². The maximum Gasteiger partial charge on any atom is 0.186 e. The van der Waals surface area contributed by atoms with E-state index in [2.05, 4.69) is 29.4 Å². The van der Waals surface area contributed by atoms with Gasteiger partial charge in [0.1, 0.15) is 5.82 Å². The van der Waals surface area contributed by atoms with Crippen molar-refractivity contribution in [2.24, 2.45) is 16.5 Å². The van der Waals surface area contributed by atoms with Crippen LogP contribution in [0.5, 0.6) is 0 Å². The van der Waals surface area contributed by atoms with Crippen LogP contribution < -0.4 is 16.8 Å². The Labute approximate surface area is 187 Å². The van der Waals surface area contributed by atoms with E-state index in [0.717, 1.165) is 53.0 Å². The summed E-state index contributed by atoms with van der Waals surface area (Å²) < 4.78 is 0. The van der Waals surface area contributed by atoms with Crippen LogP contribution >= 0.6 is 11.6 Å². The second-order valence-corrected chi connectivity index (χ2v) is 8.48. The van der Waals surface area contributed by atoms with Crippen molar-refractivity contribution in [1.29, 1.82) is 0 Å². The number of aromatic nitrogens is 2. The Morgan fingerprint density at radius 3 is 2.48 bits per heavy atom. The summed E-state index contributed by atoms with van der Waals surface area (Å²) in [5, 5.41) is 5.41. The second-order valence-electron chi connectivity index (χ2n) is 8.04. The fourth-order valence-electron chi connectivity index (χ4n) is 3.94. The predicted octanol–water partition coefficient (Wildman–Crippen LogP) is 4.76. The molecular formula is C24H27ClN6. The van der Waals surface area contributed by atoms with E-state index in [0.29, 0.717) is 11.9 Å². The molecule has 3 aromatic rings. The topological polar surface area (TPSA) is 102 Å². The van der Waals surface area contributed by atoms with Crippen LogP contribution in [0.2, 0.25) is 5.02 Å². The van der Waals surface area contributed by atoms with E-state index < -0.39 is 0 Å². The van der Waals surface area contributed by atoms with E-state index in [1.807, 2.05) is 42.5 Å². The minimum Gasteiger partial charge on any atom is -0.370 e. The molecular weight excluding hydrogens is 408 g/mol. The quantitative estimate of drug-likeness (QED) is 0.397. The zero-order chi connectivity index (χ0) is 21.8. The number of aliphatic imine (C=N–C) groups is 1. The molecule has 1 saturated carbocycles. The Morgan fingerprint density at radius 2 is 1.77 bits per heavy atom. The lowest BCUT2D eigenvalue weighted by atomic mass is 9.91. The Balaban J connectivity index is 1.58. The molecule has 4 rings (SSSR count). The van der Waals surface area contributed by atoms with Gasteiger partial charge in [0.15, 0.2) is 11.8 Å². The number of benzene rings is 2. The van der Waals surface area contributed by atoms with Crippen LogP contribution in [0.3, 0.4) is 0 Å². The molecule has 7 heteroatoms. The first-order valence-electron chi connectivity index (χ1n) is 10.5. The zero-order valence-corrected chi connectivity index (χ0v) is 18.3. The Bertz CT molecular complexity index is 1110. The molecule has 31 heavy (non-hydrogen) atoms. The van der Waals surface area contributed by atoms with Crippen molar-refractivity contribution in [3.05, 3.63) is 64.4 Å². The molecule has 1 aliphatic carbocycles. The normalized spacial score (nSPS) is 18.9. The number of guanidine groups is 1. The first-order valence-corrected chi connectivity index (χ1v) is 10.9. The fourth-order valence-corrected chi connectivity index (χ4v) is 4.07. The third-order valence-corrected chi connectivity index (χ3v) is 5.78. The smallest absolute Gasteiger partial charge is 0.186 e. The van der Waals surface area contributed by atoms with Gasteiger partial charge in [-0.1, -0.05) is 41.4 Å². The molecule has 1 fully saturated rings. The summed E-state index contributed by atoms with van der Waals surface area (Å²) in [5.74, 6) is 1.71. The molecule has 1 aliphatic rings. The second kappa shape index (κ2) is 9.35. The summed E-state index contributed by atoms with van der Waals surface area (Å²) in [6, 6.07) is 14.5. The maximum absolute atomic E-state index is 5.98. The van der Waals surface area contributed by atoms with E-state index in [1.54, 1.807) is 0 Å². The van der Waals surface area contributed by atoms with Gasteiger partial charge in [0, 0.05) is 16.5 Å². The molecule has 0 unspecified atom stereocenters. The number of nitrogens with zero attached hydrogens (tertiary/aromatic N) is 3. The molecule has 0 bridgehead atoms. The predicted molar refractivity (Wildman–Crippen MR) is 130 cm³/mol. The number of nitrogens with two attached hydrogens (primary N) is 2. The SMILES string of the molecule is Cc1ccc2nc(/C=C/c3ccc(Cl)cc3)nc(NC3CCC(N=C(N)N)CC3)c2c1. The van der Waals surface area contributed by atoms with Gasteiger partial charge in [-0.15, -0.1) is 0 Å². The van der Waals surface area contributed by atoms with Crippen molar-refractivity contribution >= 4 is 46.4 Å². The van der Waals surface area contributed by atoms with Crippen LogP contribution in [0.15, 0.2) is 47.5 Å². The van der Waals surface area contributed by atoms with Crippen LogP contribution in [-0.2, 0) is 0 Å². The molecule has 0 spiro atoms. The number of rotatable bonds is 5. The van der Waals surface area contributed by atoms with Crippen LogP contribution in [0.4, 0.5) is 5.82 Å². The average Bonchev–Trinajstić information content (AvgIpc) is 2.75. The summed E-state index contributed by atoms with van der Waals surface area (Å²) in [7, 11) is 0. The fraction of sp³-hybridized carbons (Fsp3) is 0.292. The lowest BCUT2D eigenvalue weighted by Gasteiger charge is -2.28. The number of aryl methyl sites for hydroxylation is 1. The van der Waals surface area contributed by atoms with Crippen molar-refractivity contribution in [2.75, 3.05) is 5.32 Å². The number of anilines is 1. The lowest BCUT2D eigenvalue weighted by Crippen LogP contribution is -2.31. The van der Waals surface area contributed by atoms with Gasteiger partial charge in [0.2, 0.25) is 0 Å². The average molecular weight is 435 g/mol. The largest absolute Gasteiger partial charge is 0.370 e. The molecule has 0 saturated heterocycles. The van der Waals surface area contributed by atoms with Gasteiger partial charge in [0.05, 0.1) is 11.6 Å². The third kappa shape index (κ3) is 5.52. The van der Waals surface area contributed by atoms with E-state index in [9.17, 15) is 0 Å². The Kier molecular flexibility index (Phi) is 6.37. The van der Waals surface area contributed by atoms with Crippen LogP contribution in [0, 0.1) is 6.92 Å². The van der Waals surface area contributed by atoms with Crippen molar-refractivity contribution in [1.82, 2.24) is 9.97 Å². The van der Waals surface area contributed by atoms with E-state index in [1.165, 1.54) is 5.56 Å². The Morgan fingerprint density at radius 1 is 1.03 bits per heavy atom. The summed E-state index contributed by atoms with van der Waals surface area (Å²) in [6.07, 6.45) is 7.84. The molecule has 0 aliphatic heterocycles. The van der Waals surface area contributed by atoms with E-state index in [4.69, 9.17) is 33.0 Å². The molecule has 1 heterocycles. The highest BCUT2D eigenvalue weighted by Crippen LogP contribution is 2.28. The maximum atomic E-state index is 5.98. The zero-order valence-electron chi connectivity index (χ0n) is 17.6. The van der Waals surface area contributed by atoms with Gasteiger partial charge in [-0.2, -0.15) is 0 Å². The molecule has 0 amide bonds. The third-order valence-electron chi connectivity index (χ3n) is 5.53. The molecule has 160 valence electrons.